The Labute approximate surface area is 101 Å². The van der Waals surface area contributed by atoms with Crippen LogP contribution in [0.3, 0.4) is 0 Å². The molecule has 1 aliphatic rings. The van der Waals surface area contributed by atoms with Crippen molar-refractivity contribution in [3.8, 4) is 0 Å². The van der Waals surface area contributed by atoms with Crippen molar-refractivity contribution >= 4 is 23.5 Å². The molecule has 0 radical (unpaired) electrons. The van der Waals surface area contributed by atoms with Crippen LogP contribution in [0, 0.1) is 6.92 Å². The predicted octanol–water partition coefficient (Wildman–Crippen LogP) is 2.13. The van der Waals surface area contributed by atoms with E-state index in [1.807, 2.05) is 31.9 Å². The lowest BCUT2D eigenvalue weighted by Gasteiger charge is -2.23. The second kappa shape index (κ2) is 5.39. The summed E-state index contributed by atoms with van der Waals surface area (Å²) in [5.41, 5.74) is 1.11. The fourth-order valence-corrected chi connectivity index (χ4v) is 2.85. The number of aryl methyl sites for hydroxylation is 1. The highest BCUT2D eigenvalue weighted by Gasteiger charge is 2.15. The summed E-state index contributed by atoms with van der Waals surface area (Å²) in [6.45, 7) is 2.04. The Morgan fingerprint density at radius 1 is 1.38 bits per heavy atom. The zero-order chi connectivity index (χ0) is 11.4. The smallest absolute Gasteiger partial charge is 0.224 e. The van der Waals surface area contributed by atoms with Gasteiger partial charge in [0.2, 0.25) is 5.95 Å². The predicted molar refractivity (Wildman–Crippen MR) is 70.3 cm³/mol. The van der Waals surface area contributed by atoms with Crippen molar-refractivity contribution in [1.29, 1.82) is 0 Å². The first-order valence-corrected chi connectivity index (χ1v) is 6.80. The first-order chi connectivity index (χ1) is 7.79. The number of hydrogen-bond acceptors (Lipinski definition) is 5. The normalized spacial score (nSPS) is 17.1. The maximum absolute atomic E-state index is 4.44. The summed E-state index contributed by atoms with van der Waals surface area (Å²) in [7, 11) is 1.84. The van der Waals surface area contributed by atoms with Gasteiger partial charge in [0.1, 0.15) is 5.82 Å². The van der Waals surface area contributed by atoms with Gasteiger partial charge < -0.3 is 10.6 Å². The molecule has 0 unspecified atom stereocenters. The molecule has 0 saturated carbocycles. The van der Waals surface area contributed by atoms with Gasteiger partial charge in [0.05, 0.1) is 0 Å². The van der Waals surface area contributed by atoms with Crippen LogP contribution < -0.4 is 10.6 Å². The second-order valence-electron chi connectivity index (χ2n) is 4.01. The molecule has 0 amide bonds. The third-order valence-electron chi connectivity index (χ3n) is 2.76. The van der Waals surface area contributed by atoms with E-state index in [2.05, 4.69) is 20.6 Å². The Balaban J connectivity index is 2.06. The van der Waals surface area contributed by atoms with E-state index in [1.165, 1.54) is 24.3 Å². The molecular weight excluding hydrogens is 220 g/mol. The largest absolute Gasteiger partial charge is 0.367 e. The molecule has 1 fully saturated rings. The molecule has 88 valence electrons. The molecule has 1 aromatic rings. The number of nitrogens with one attached hydrogen (secondary N) is 2. The Bertz CT molecular complexity index is 350. The number of hydrogen-bond donors (Lipinski definition) is 2. The van der Waals surface area contributed by atoms with Crippen molar-refractivity contribution < 1.29 is 0 Å². The van der Waals surface area contributed by atoms with Gasteiger partial charge in [-0.15, -0.1) is 0 Å². The van der Waals surface area contributed by atoms with E-state index in [0.717, 1.165) is 11.4 Å². The Morgan fingerprint density at radius 2 is 2.12 bits per heavy atom. The molecule has 1 aromatic heterocycles. The molecule has 1 saturated heterocycles. The van der Waals surface area contributed by atoms with Crippen molar-refractivity contribution in [3.05, 3.63) is 11.8 Å². The van der Waals surface area contributed by atoms with Gasteiger partial charge in [-0.1, -0.05) is 0 Å². The van der Waals surface area contributed by atoms with Gasteiger partial charge in [0, 0.05) is 24.8 Å². The Hall–Kier alpha value is -0.970. The lowest BCUT2D eigenvalue weighted by atomic mass is 10.1. The summed E-state index contributed by atoms with van der Waals surface area (Å²) in [5.74, 6) is 4.15. The molecule has 0 bridgehead atoms. The molecule has 2 heterocycles. The SMILES string of the molecule is CNc1ncc(C)c(NC2CCSCC2)n1. The minimum Gasteiger partial charge on any atom is -0.367 e. The van der Waals surface area contributed by atoms with E-state index in [1.54, 1.807) is 0 Å². The van der Waals surface area contributed by atoms with Crippen LogP contribution in [0.4, 0.5) is 11.8 Å². The third-order valence-corrected chi connectivity index (χ3v) is 3.81. The van der Waals surface area contributed by atoms with Crippen molar-refractivity contribution in [2.24, 2.45) is 0 Å². The molecule has 16 heavy (non-hydrogen) atoms. The first-order valence-electron chi connectivity index (χ1n) is 5.65. The van der Waals surface area contributed by atoms with Crippen LogP contribution in [0.1, 0.15) is 18.4 Å². The number of nitrogens with zero attached hydrogens (tertiary/aromatic N) is 2. The quantitative estimate of drug-likeness (QED) is 0.845. The maximum Gasteiger partial charge on any atom is 0.224 e. The summed E-state index contributed by atoms with van der Waals surface area (Å²) >= 11 is 2.04. The molecular formula is C11H18N4S. The molecule has 2 rings (SSSR count). The van der Waals surface area contributed by atoms with Gasteiger partial charge in [-0.2, -0.15) is 16.7 Å². The van der Waals surface area contributed by atoms with Crippen molar-refractivity contribution in [1.82, 2.24) is 9.97 Å². The average molecular weight is 238 g/mol. The molecule has 0 atom stereocenters. The molecule has 5 heteroatoms. The van der Waals surface area contributed by atoms with E-state index >= 15 is 0 Å². The van der Waals surface area contributed by atoms with Crippen molar-refractivity contribution in [2.75, 3.05) is 29.2 Å². The van der Waals surface area contributed by atoms with Gasteiger partial charge in [0.15, 0.2) is 0 Å². The second-order valence-corrected chi connectivity index (χ2v) is 5.23. The average Bonchev–Trinajstić information content (AvgIpc) is 2.33. The topological polar surface area (TPSA) is 49.8 Å². The highest BCUT2D eigenvalue weighted by molar-refractivity contribution is 7.99. The van der Waals surface area contributed by atoms with Crippen LogP contribution in [-0.2, 0) is 0 Å². The highest BCUT2D eigenvalue weighted by Crippen LogP contribution is 2.21. The number of rotatable bonds is 3. The molecule has 4 nitrogen and oxygen atoms in total. The Morgan fingerprint density at radius 3 is 2.81 bits per heavy atom. The van der Waals surface area contributed by atoms with Crippen LogP contribution in [-0.4, -0.2) is 34.6 Å². The fraction of sp³-hybridized carbons (Fsp3) is 0.636. The lowest BCUT2D eigenvalue weighted by molar-refractivity contribution is 0.663. The van der Waals surface area contributed by atoms with E-state index in [9.17, 15) is 0 Å². The van der Waals surface area contributed by atoms with Crippen LogP contribution >= 0.6 is 11.8 Å². The monoisotopic (exact) mass is 238 g/mol. The van der Waals surface area contributed by atoms with E-state index < -0.39 is 0 Å². The molecule has 0 spiro atoms. The molecule has 1 aliphatic heterocycles. The van der Waals surface area contributed by atoms with E-state index in [-0.39, 0.29) is 0 Å². The van der Waals surface area contributed by atoms with Crippen LogP contribution in [0.2, 0.25) is 0 Å². The summed E-state index contributed by atoms with van der Waals surface area (Å²) in [6.07, 6.45) is 4.31. The van der Waals surface area contributed by atoms with Crippen LogP contribution in [0.15, 0.2) is 6.20 Å². The van der Waals surface area contributed by atoms with Gasteiger partial charge in [-0.3, -0.25) is 0 Å². The summed E-state index contributed by atoms with van der Waals surface area (Å²) in [6, 6.07) is 0.569. The minimum absolute atomic E-state index is 0.569. The lowest BCUT2D eigenvalue weighted by Crippen LogP contribution is -2.25. The van der Waals surface area contributed by atoms with Crippen LogP contribution in [0.25, 0.3) is 0 Å². The summed E-state index contributed by atoms with van der Waals surface area (Å²) < 4.78 is 0. The first kappa shape index (κ1) is 11.5. The van der Waals surface area contributed by atoms with Crippen molar-refractivity contribution in [3.63, 3.8) is 0 Å². The maximum atomic E-state index is 4.44. The highest BCUT2D eigenvalue weighted by atomic mass is 32.2. The Kier molecular flexibility index (Phi) is 3.88. The minimum atomic E-state index is 0.569. The van der Waals surface area contributed by atoms with E-state index in [4.69, 9.17) is 0 Å². The molecule has 0 aromatic carbocycles. The van der Waals surface area contributed by atoms with Gasteiger partial charge >= 0.3 is 0 Å². The summed E-state index contributed by atoms with van der Waals surface area (Å²) in [5, 5.41) is 6.48. The van der Waals surface area contributed by atoms with E-state index in [0.29, 0.717) is 12.0 Å². The zero-order valence-corrected chi connectivity index (χ0v) is 10.6. The van der Waals surface area contributed by atoms with Gasteiger partial charge in [-0.05, 0) is 31.3 Å². The van der Waals surface area contributed by atoms with Gasteiger partial charge in [-0.25, -0.2) is 4.98 Å². The number of thioether (sulfide) groups is 1. The van der Waals surface area contributed by atoms with Crippen molar-refractivity contribution in [2.45, 2.75) is 25.8 Å². The fourth-order valence-electron chi connectivity index (χ4n) is 1.74. The number of aromatic nitrogens is 2. The molecule has 2 N–H and O–H groups in total. The van der Waals surface area contributed by atoms with Gasteiger partial charge in [0.25, 0.3) is 0 Å². The third kappa shape index (κ3) is 2.78. The molecule has 0 aliphatic carbocycles. The van der Waals surface area contributed by atoms with Crippen LogP contribution in [0.5, 0.6) is 0 Å². The zero-order valence-electron chi connectivity index (χ0n) is 9.79. The summed E-state index contributed by atoms with van der Waals surface area (Å²) in [4.78, 5) is 8.63. The standard InChI is InChI=1S/C11H18N4S/c1-8-7-13-11(12-2)15-10(8)14-9-3-5-16-6-4-9/h7,9H,3-6H2,1-2H3,(H2,12,13,14,15). The number of anilines is 2.